The Labute approximate surface area is 151 Å². The standard InChI is InChI=1S/C22H28N2O/c1-17-11-12-21(14-18(17)2)23(3)22(25)20-10-7-13-24(16-20)15-19-8-5-4-6-9-19/h4-6,8-9,11-12,14,20H,7,10,13,15-16H2,1-3H3. The van der Waals surface area contributed by atoms with Crippen LogP contribution in [-0.2, 0) is 11.3 Å². The molecular formula is C22H28N2O. The van der Waals surface area contributed by atoms with Crippen LogP contribution in [0, 0.1) is 19.8 Å². The van der Waals surface area contributed by atoms with Crippen LogP contribution in [0.1, 0.15) is 29.5 Å². The second-order valence-corrected chi connectivity index (χ2v) is 7.23. The summed E-state index contributed by atoms with van der Waals surface area (Å²) in [4.78, 5) is 17.2. The maximum atomic E-state index is 13.0. The van der Waals surface area contributed by atoms with Crippen LogP contribution >= 0.6 is 0 Å². The second-order valence-electron chi connectivity index (χ2n) is 7.23. The fraction of sp³-hybridized carbons (Fsp3) is 0.409. The third-order valence-electron chi connectivity index (χ3n) is 5.31. The Kier molecular flexibility index (Phi) is 5.54. The lowest BCUT2D eigenvalue weighted by atomic mass is 9.95. The highest BCUT2D eigenvalue weighted by Crippen LogP contribution is 2.24. The average molecular weight is 336 g/mol. The van der Waals surface area contributed by atoms with Gasteiger partial charge in [-0.3, -0.25) is 9.69 Å². The highest BCUT2D eigenvalue weighted by molar-refractivity contribution is 5.94. The lowest BCUT2D eigenvalue weighted by Gasteiger charge is -2.34. The van der Waals surface area contributed by atoms with Gasteiger partial charge in [0.05, 0.1) is 5.92 Å². The minimum Gasteiger partial charge on any atom is -0.315 e. The highest BCUT2D eigenvalue weighted by Gasteiger charge is 2.28. The summed E-state index contributed by atoms with van der Waals surface area (Å²) in [7, 11) is 1.91. The van der Waals surface area contributed by atoms with E-state index in [1.807, 2.05) is 24.1 Å². The molecule has 1 aliphatic heterocycles. The normalized spacial score (nSPS) is 18.1. The topological polar surface area (TPSA) is 23.6 Å². The van der Waals surface area contributed by atoms with Gasteiger partial charge in [0.25, 0.3) is 0 Å². The number of aryl methyl sites for hydroxylation is 2. The summed E-state index contributed by atoms with van der Waals surface area (Å²) < 4.78 is 0. The van der Waals surface area contributed by atoms with Crippen molar-refractivity contribution >= 4 is 11.6 Å². The van der Waals surface area contributed by atoms with Crippen molar-refractivity contribution in [2.45, 2.75) is 33.2 Å². The minimum absolute atomic E-state index is 0.0871. The lowest BCUT2D eigenvalue weighted by Crippen LogP contribution is -2.43. The third-order valence-corrected chi connectivity index (χ3v) is 5.31. The van der Waals surface area contributed by atoms with Gasteiger partial charge in [-0.1, -0.05) is 36.4 Å². The van der Waals surface area contributed by atoms with E-state index in [2.05, 4.69) is 55.1 Å². The molecule has 1 saturated heterocycles. The van der Waals surface area contributed by atoms with Gasteiger partial charge in [-0.15, -0.1) is 0 Å². The van der Waals surface area contributed by atoms with Crippen molar-refractivity contribution in [3.63, 3.8) is 0 Å². The molecule has 1 fully saturated rings. The van der Waals surface area contributed by atoms with Crippen molar-refractivity contribution in [2.75, 3.05) is 25.0 Å². The summed E-state index contributed by atoms with van der Waals surface area (Å²) in [5.41, 5.74) is 4.80. The fourth-order valence-electron chi connectivity index (χ4n) is 3.58. The Morgan fingerprint density at radius 2 is 1.88 bits per heavy atom. The monoisotopic (exact) mass is 336 g/mol. The Hall–Kier alpha value is -2.13. The van der Waals surface area contributed by atoms with Gasteiger partial charge in [0, 0.05) is 25.8 Å². The molecule has 3 heteroatoms. The maximum Gasteiger partial charge on any atom is 0.231 e. The molecule has 0 bridgehead atoms. The smallest absolute Gasteiger partial charge is 0.231 e. The maximum absolute atomic E-state index is 13.0. The quantitative estimate of drug-likeness (QED) is 0.836. The van der Waals surface area contributed by atoms with Crippen LogP contribution in [0.2, 0.25) is 0 Å². The van der Waals surface area contributed by atoms with Gasteiger partial charge in [0.1, 0.15) is 0 Å². The number of rotatable bonds is 4. The summed E-state index contributed by atoms with van der Waals surface area (Å²) in [6.07, 6.45) is 2.07. The van der Waals surface area contributed by atoms with E-state index >= 15 is 0 Å². The molecule has 0 aromatic heterocycles. The van der Waals surface area contributed by atoms with Crippen LogP contribution in [-0.4, -0.2) is 30.9 Å². The molecule has 0 N–H and O–H groups in total. The first-order chi connectivity index (χ1) is 12.0. The second kappa shape index (κ2) is 7.83. The summed E-state index contributed by atoms with van der Waals surface area (Å²) in [6, 6.07) is 16.8. The van der Waals surface area contributed by atoms with Crippen molar-refractivity contribution in [2.24, 2.45) is 5.92 Å². The molecule has 25 heavy (non-hydrogen) atoms. The molecule has 2 aromatic carbocycles. The fourth-order valence-corrected chi connectivity index (χ4v) is 3.58. The van der Waals surface area contributed by atoms with E-state index in [1.165, 1.54) is 16.7 Å². The van der Waals surface area contributed by atoms with Crippen molar-refractivity contribution < 1.29 is 4.79 Å². The number of carbonyl (C=O) groups is 1. The molecule has 1 atom stereocenters. The molecule has 1 heterocycles. The molecule has 2 aromatic rings. The Morgan fingerprint density at radius 1 is 1.12 bits per heavy atom. The molecule has 132 valence electrons. The van der Waals surface area contributed by atoms with Gasteiger partial charge >= 0.3 is 0 Å². The molecule has 1 unspecified atom stereocenters. The van der Waals surface area contributed by atoms with E-state index in [0.29, 0.717) is 0 Å². The number of amides is 1. The zero-order valence-electron chi connectivity index (χ0n) is 15.5. The number of hydrogen-bond acceptors (Lipinski definition) is 2. The van der Waals surface area contributed by atoms with Crippen molar-refractivity contribution in [3.05, 3.63) is 65.2 Å². The first-order valence-corrected chi connectivity index (χ1v) is 9.15. The lowest BCUT2D eigenvalue weighted by molar-refractivity contribution is -0.123. The molecule has 0 saturated carbocycles. The molecule has 0 spiro atoms. The highest BCUT2D eigenvalue weighted by atomic mass is 16.2. The summed E-state index contributed by atoms with van der Waals surface area (Å²) in [6.45, 7) is 7.05. The molecule has 1 amide bonds. The molecule has 3 rings (SSSR count). The summed E-state index contributed by atoms with van der Waals surface area (Å²) in [5, 5.41) is 0. The van der Waals surface area contributed by atoms with Gasteiger partial charge in [0.2, 0.25) is 5.91 Å². The van der Waals surface area contributed by atoms with Crippen LogP contribution in [0.5, 0.6) is 0 Å². The van der Waals surface area contributed by atoms with Gasteiger partial charge in [0.15, 0.2) is 0 Å². The SMILES string of the molecule is Cc1ccc(N(C)C(=O)C2CCCN(Cc3ccccc3)C2)cc1C. The zero-order valence-corrected chi connectivity index (χ0v) is 15.5. The van der Waals surface area contributed by atoms with Crippen molar-refractivity contribution in [3.8, 4) is 0 Å². The van der Waals surface area contributed by atoms with E-state index in [-0.39, 0.29) is 11.8 Å². The van der Waals surface area contributed by atoms with Crippen molar-refractivity contribution in [1.82, 2.24) is 4.90 Å². The number of anilines is 1. The number of benzene rings is 2. The Morgan fingerprint density at radius 3 is 2.60 bits per heavy atom. The van der Waals surface area contributed by atoms with Crippen LogP contribution in [0.4, 0.5) is 5.69 Å². The molecule has 3 nitrogen and oxygen atoms in total. The minimum atomic E-state index is 0.0871. The number of likely N-dealkylation sites (tertiary alicyclic amines) is 1. The summed E-state index contributed by atoms with van der Waals surface area (Å²) in [5.74, 6) is 0.324. The number of piperidine rings is 1. The molecule has 1 aliphatic rings. The van der Waals surface area contributed by atoms with Crippen molar-refractivity contribution in [1.29, 1.82) is 0 Å². The molecular weight excluding hydrogens is 308 g/mol. The Balaban J connectivity index is 1.65. The third kappa shape index (κ3) is 4.29. The summed E-state index contributed by atoms with van der Waals surface area (Å²) >= 11 is 0. The van der Waals surface area contributed by atoms with E-state index in [1.54, 1.807) is 0 Å². The van der Waals surface area contributed by atoms with Gasteiger partial charge in [-0.05, 0) is 62.1 Å². The van der Waals surface area contributed by atoms with E-state index in [0.717, 1.165) is 38.2 Å². The first-order valence-electron chi connectivity index (χ1n) is 9.15. The van der Waals surface area contributed by atoms with Crippen LogP contribution < -0.4 is 4.90 Å². The predicted octanol–water partition coefficient (Wildman–Crippen LogP) is 4.18. The number of nitrogens with zero attached hydrogens (tertiary/aromatic N) is 2. The van der Waals surface area contributed by atoms with Crippen LogP contribution in [0.15, 0.2) is 48.5 Å². The number of hydrogen-bond donors (Lipinski definition) is 0. The van der Waals surface area contributed by atoms with Gasteiger partial charge < -0.3 is 4.90 Å². The van der Waals surface area contributed by atoms with Crippen LogP contribution in [0.3, 0.4) is 0 Å². The van der Waals surface area contributed by atoms with Gasteiger partial charge in [-0.25, -0.2) is 0 Å². The van der Waals surface area contributed by atoms with E-state index in [4.69, 9.17) is 0 Å². The number of carbonyl (C=O) groups excluding carboxylic acids is 1. The van der Waals surface area contributed by atoms with E-state index in [9.17, 15) is 4.79 Å². The largest absolute Gasteiger partial charge is 0.315 e. The zero-order chi connectivity index (χ0) is 17.8. The predicted molar refractivity (Wildman–Crippen MR) is 104 cm³/mol. The van der Waals surface area contributed by atoms with E-state index < -0.39 is 0 Å². The average Bonchev–Trinajstić information content (AvgIpc) is 2.64. The van der Waals surface area contributed by atoms with Gasteiger partial charge in [-0.2, -0.15) is 0 Å². The van der Waals surface area contributed by atoms with Crippen LogP contribution in [0.25, 0.3) is 0 Å². The molecule has 0 radical (unpaired) electrons. The first kappa shape index (κ1) is 17.7. The molecule has 0 aliphatic carbocycles. The Bertz CT molecular complexity index is 726.